The van der Waals surface area contributed by atoms with Gasteiger partial charge in [-0.3, -0.25) is 0 Å². The molecule has 1 N–H and O–H groups in total. The van der Waals surface area contributed by atoms with Crippen molar-refractivity contribution in [2.45, 2.75) is 6.17 Å². The lowest BCUT2D eigenvalue weighted by molar-refractivity contribution is 0.668. The first-order valence-corrected chi connectivity index (χ1v) is 17.5. The Labute approximate surface area is 298 Å². The van der Waals surface area contributed by atoms with E-state index in [1.807, 2.05) is 48.5 Å². The molecule has 0 saturated carbocycles. The first kappa shape index (κ1) is 28.8. The molecule has 1 aliphatic heterocycles. The van der Waals surface area contributed by atoms with Crippen LogP contribution in [0.1, 0.15) is 22.9 Å². The highest BCUT2D eigenvalue weighted by Gasteiger charge is 2.25. The van der Waals surface area contributed by atoms with E-state index in [0.717, 1.165) is 77.5 Å². The lowest BCUT2D eigenvalue weighted by atomic mass is 9.96. The Hall–Kier alpha value is -6.98. The van der Waals surface area contributed by atoms with Gasteiger partial charge in [-0.25, -0.2) is 9.98 Å². The maximum absolute atomic E-state index is 6.56. The smallest absolute Gasteiger partial charge is 0.160 e. The third-order valence-electron chi connectivity index (χ3n) is 10.3. The fourth-order valence-corrected chi connectivity index (χ4v) is 7.79. The van der Waals surface area contributed by atoms with Crippen LogP contribution in [0, 0.1) is 0 Å². The van der Waals surface area contributed by atoms with Crippen molar-refractivity contribution in [3.05, 3.63) is 180 Å². The highest BCUT2D eigenvalue weighted by molar-refractivity contribution is 6.23. The number of furan rings is 2. The molecule has 0 amide bonds. The Bertz CT molecular complexity index is 3110. The number of hydrogen-bond donors (Lipinski definition) is 1. The molecule has 1 aliphatic rings. The van der Waals surface area contributed by atoms with Gasteiger partial charge in [-0.05, 0) is 80.7 Å². The lowest BCUT2D eigenvalue weighted by Crippen LogP contribution is -2.33. The molecule has 244 valence electrons. The minimum atomic E-state index is -0.371. The van der Waals surface area contributed by atoms with Crippen molar-refractivity contribution < 1.29 is 8.83 Å². The molecule has 11 rings (SSSR count). The summed E-state index contributed by atoms with van der Waals surface area (Å²) in [6, 6.07) is 57.0. The van der Waals surface area contributed by atoms with Crippen molar-refractivity contribution in [2.75, 3.05) is 0 Å². The van der Waals surface area contributed by atoms with Crippen LogP contribution >= 0.6 is 0 Å². The van der Waals surface area contributed by atoms with Gasteiger partial charge < -0.3 is 14.2 Å². The van der Waals surface area contributed by atoms with Crippen LogP contribution in [-0.4, -0.2) is 11.7 Å². The molecule has 0 aliphatic carbocycles. The predicted molar refractivity (Wildman–Crippen MR) is 213 cm³/mol. The van der Waals surface area contributed by atoms with E-state index in [0.29, 0.717) is 5.84 Å². The van der Waals surface area contributed by atoms with Crippen molar-refractivity contribution in [1.82, 2.24) is 5.32 Å². The molecule has 1 atom stereocenters. The molecule has 0 fully saturated rings. The number of fused-ring (bicyclic) bond motifs is 9. The highest BCUT2D eigenvalue weighted by atomic mass is 16.3. The first-order chi connectivity index (χ1) is 25.7. The normalized spacial score (nSPS) is 14.7. The average Bonchev–Trinajstić information content (AvgIpc) is 3.78. The quantitative estimate of drug-likeness (QED) is 0.190. The molecule has 0 bridgehead atoms. The summed E-state index contributed by atoms with van der Waals surface area (Å²) in [6.07, 6.45) is -0.371. The molecule has 3 heterocycles. The molecule has 10 aromatic rings. The largest absolute Gasteiger partial charge is 0.456 e. The summed E-state index contributed by atoms with van der Waals surface area (Å²) >= 11 is 0. The van der Waals surface area contributed by atoms with Crippen LogP contribution in [0.2, 0.25) is 0 Å². The summed E-state index contributed by atoms with van der Waals surface area (Å²) in [5.74, 6) is 1.42. The summed E-state index contributed by atoms with van der Waals surface area (Å²) in [4.78, 5) is 10.6. The number of aliphatic imine (C=N–C) groups is 2. The third-order valence-corrected chi connectivity index (χ3v) is 10.3. The van der Waals surface area contributed by atoms with Gasteiger partial charge in [0.1, 0.15) is 34.3 Å². The lowest BCUT2D eigenvalue weighted by Gasteiger charge is -2.24. The van der Waals surface area contributed by atoms with Gasteiger partial charge in [0, 0.05) is 32.7 Å². The van der Waals surface area contributed by atoms with E-state index in [9.17, 15) is 0 Å². The fourth-order valence-electron chi connectivity index (χ4n) is 7.79. The highest BCUT2D eigenvalue weighted by Crippen LogP contribution is 2.39. The average molecular weight is 668 g/mol. The summed E-state index contributed by atoms with van der Waals surface area (Å²) in [5.41, 5.74) is 8.40. The van der Waals surface area contributed by atoms with E-state index < -0.39 is 0 Å². The van der Waals surface area contributed by atoms with Crippen molar-refractivity contribution in [2.24, 2.45) is 9.98 Å². The van der Waals surface area contributed by atoms with Gasteiger partial charge in [0.25, 0.3) is 0 Å². The molecule has 1 unspecified atom stereocenters. The zero-order chi connectivity index (χ0) is 34.2. The minimum Gasteiger partial charge on any atom is -0.456 e. The van der Waals surface area contributed by atoms with E-state index in [-0.39, 0.29) is 6.17 Å². The van der Waals surface area contributed by atoms with Crippen LogP contribution in [0.25, 0.3) is 76.5 Å². The SMILES string of the molecule is c1ccc(C2=NC(c3cc(-c4ccc5oc6ccccc6c5c4)cc4oc5ccccc5c34)=NC(c3ccc4c(ccc5ccccc54)c3)N2)cc1. The van der Waals surface area contributed by atoms with Crippen LogP contribution in [0.3, 0.4) is 0 Å². The Morgan fingerprint density at radius 1 is 0.442 bits per heavy atom. The number of nitrogens with zero attached hydrogens (tertiary/aromatic N) is 2. The summed E-state index contributed by atoms with van der Waals surface area (Å²) in [6.45, 7) is 0. The standard InChI is InChI=1S/C47H29N3O2/c1-2-11-29(12-3-1)45-48-46(32-20-22-35-31(24-32)19-18-28-10-4-5-13-34(28)35)50-47(49-45)39-26-33(27-43-44(39)37-15-7-9-17-41(37)52-43)30-21-23-42-38(25-30)36-14-6-8-16-40(36)51-42/h1-27,46H,(H,48,49,50). The number of para-hydroxylation sites is 2. The third kappa shape index (κ3) is 4.56. The van der Waals surface area contributed by atoms with E-state index in [4.69, 9.17) is 18.8 Å². The fraction of sp³-hybridized carbons (Fsp3) is 0.0213. The van der Waals surface area contributed by atoms with E-state index in [2.05, 4.69) is 121 Å². The molecule has 2 aromatic heterocycles. The molecular formula is C47H29N3O2. The molecule has 8 aromatic carbocycles. The number of rotatable bonds is 4. The van der Waals surface area contributed by atoms with Crippen molar-refractivity contribution in [1.29, 1.82) is 0 Å². The van der Waals surface area contributed by atoms with Gasteiger partial charge in [0.05, 0.1) is 0 Å². The topological polar surface area (TPSA) is 63.0 Å². The second-order valence-electron chi connectivity index (χ2n) is 13.4. The monoisotopic (exact) mass is 667 g/mol. The molecular weight excluding hydrogens is 639 g/mol. The Kier molecular flexibility index (Phi) is 6.25. The Morgan fingerprint density at radius 3 is 2.02 bits per heavy atom. The Balaban J connectivity index is 1.13. The molecule has 0 spiro atoms. The van der Waals surface area contributed by atoms with Crippen LogP contribution in [0.4, 0.5) is 0 Å². The summed E-state index contributed by atoms with van der Waals surface area (Å²) < 4.78 is 12.7. The van der Waals surface area contributed by atoms with Crippen LogP contribution < -0.4 is 5.32 Å². The van der Waals surface area contributed by atoms with Crippen LogP contribution in [0.15, 0.2) is 183 Å². The summed E-state index contributed by atoms with van der Waals surface area (Å²) in [5, 5.41) is 12.7. The van der Waals surface area contributed by atoms with Crippen LogP contribution in [-0.2, 0) is 0 Å². The number of amidine groups is 2. The predicted octanol–water partition coefficient (Wildman–Crippen LogP) is 12.0. The Morgan fingerprint density at radius 2 is 1.13 bits per heavy atom. The molecule has 5 heteroatoms. The number of hydrogen-bond acceptors (Lipinski definition) is 5. The van der Waals surface area contributed by atoms with E-state index in [1.165, 1.54) is 21.5 Å². The molecule has 0 radical (unpaired) electrons. The maximum Gasteiger partial charge on any atom is 0.160 e. The molecule has 52 heavy (non-hydrogen) atoms. The number of benzene rings is 8. The zero-order valence-corrected chi connectivity index (χ0v) is 27.9. The molecule has 5 nitrogen and oxygen atoms in total. The molecule has 0 saturated heterocycles. The van der Waals surface area contributed by atoms with Gasteiger partial charge in [0.2, 0.25) is 0 Å². The first-order valence-electron chi connectivity index (χ1n) is 17.5. The van der Waals surface area contributed by atoms with Crippen molar-refractivity contribution >= 4 is 77.1 Å². The van der Waals surface area contributed by atoms with E-state index in [1.54, 1.807) is 0 Å². The van der Waals surface area contributed by atoms with Gasteiger partial charge >= 0.3 is 0 Å². The van der Waals surface area contributed by atoms with Gasteiger partial charge in [-0.2, -0.15) is 0 Å². The minimum absolute atomic E-state index is 0.371. The van der Waals surface area contributed by atoms with Gasteiger partial charge in [0.15, 0.2) is 5.84 Å². The van der Waals surface area contributed by atoms with Crippen LogP contribution in [0.5, 0.6) is 0 Å². The van der Waals surface area contributed by atoms with E-state index >= 15 is 0 Å². The second kappa shape index (κ2) is 11.3. The number of nitrogens with one attached hydrogen (secondary N) is 1. The van der Waals surface area contributed by atoms with Crippen molar-refractivity contribution in [3.63, 3.8) is 0 Å². The van der Waals surface area contributed by atoms with Gasteiger partial charge in [-0.1, -0.05) is 121 Å². The van der Waals surface area contributed by atoms with Gasteiger partial charge in [-0.15, -0.1) is 0 Å². The maximum atomic E-state index is 6.56. The summed E-state index contributed by atoms with van der Waals surface area (Å²) in [7, 11) is 0. The zero-order valence-electron chi connectivity index (χ0n) is 27.9. The van der Waals surface area contributed by atoms with Crippen molar-refractivity contribution in [3.8, 4) is 11.1 Å². The second-order valence-corrected chi connectivity index (χ2v) is 13.4.